The van der Waals surface area contributed by atoms with Crippen LogP contribution in [-0.4, -0.2) is 55.2 Å². The van der Waals surface area contributed by atoms with E-state index in [1.54, 1.807) is 25.3 Å². The van der Waals surface area contributed by atoms with E-state index in [1.165, 1.54) is 25.7 Å². The largest absolute Gasteiger partial charge is 0.466 e. The van der Waals surface area contributed by atoms with Gasteiger partial charge in [-0.15, -0.1) is 0 Å². The summed E-state index contributed by atoms with van der Waals surface area (Å²) >= 11 is 0. The molecule has 3 N–H and O–H groups in total. The fraction of sp³-hybridized carbons (Fsp3) is 0.750. The van der Waals surface area contributed by atoms with Gasteiger partial charge in [-0.2, -0.15) is 0 Å². The Bertz CT molecular complexity index is 568. The van der Waals surface area contributed by atoms with Crippen LogP contribution >= 0.6 is 0 Å². The van der Waals surface area contributed by atoms with E-state index < -0.39 is 5.60 Å². The molecule has 1 fully saturated rings. The van der Waals surface area contributed by atoms with E-state index in [9.17, 15) is 5.11 Å². The number of rotatable bonds is 7. The normalized spacial score (nSPS) is 26.6. The number of guanidine groups is 1. The lowest BCUT2D eigenvalue weighted by molar-refractivity contribution is 0.0436. The summed E-state index contributed by atoms with van der Waals surface area (Å²) in [6.07, 6.45) is 6.54. The summed E-state index contributed by atoms with van der Waals surface area (Å²) in [6, 6.07) is 3.56. The Morgan fingerprint density at radius 2 is 2.23 bits per heavy atom. The number of furan rings is 1. The molecule has 3 atom stereocenters. The molecule has 0 spiro atoms. The minimum atomic E-state index is -1.12. The van der Waals surface area contributed by atoms with Crippen molar-refractivity contribution in [3.63, 3.8) is 0 Å². The molecule has 1 aromatic heterocycles. The summed E-state index contributed by atoms with van der Waals surface area (Å²) in [5.74, 6) is 2.01. The second-order valence-electron chi connectivity index (χ2n) is 8.12. The summed E-state index contributed by atoms with van der Waals surface area (Å²) in [6.45, 7) is 7.98. The van der Waals surface area contributed by atoms with E-state index in [4.69, 9.17) is 4.42 Å². The highest BCUT2D eigenvalue weighted by Gasteiger charge is 2.37. The van der Waals surface area contributed by atoms with Crippen molar-refractivity contribution in [3.05, 3.63) is 24.2 Å². The molecule has 1 aliphatic rings. The fourth-order valence-electron chi connectivity index (χ4n) is 3.84. The number of nitrogens with one attached hydrogen (secondary N) is 2. The Labute approximate surface area is 158 Å². The average Bonchev–Trinajstić information content (AvgIpc) is 3.13. The molecule has 6 heteroatoms. The molecule has 0 saturated heterocycles. The first kappa shape index (κ1) is 20.8. The van der Waals surface area contributed by atoms with Gasteiger partial charge in [0.05, 0.1) is 12.8 Å². The third-order valence-corrected chi connectivity index (χ3v) is 5.54. The zero-order chi connectivity index (χ0) is 19.2. The van der Waals surface area contributed by atoms with Gasteiger partial charge in [0.15, 0.2) is 5.96 Å². The van der Waals surface area contributed by atoms with Crippen molar-refractivity contribution in [3.8, 4) is 0 Å². The highest BCUT2D eigenvalue weighted by Crippen LogP contribution is 2.35. The van der Waals surface area contributed by atoms with Crippen LogP contribution in [0.2, 0.25) is 0 Å². The molecule has 0 aromatic carbocycles. The predicted octanol–water partition coefficient (Wildman–Crippen LogP) is 2.55. The van der Waals surface area contributed by atoms with Gasteiger partial charge in [0, 0.05) is 18.6 Å². The van der Waals surface area contributed by atoms with Crippen LogP contribution in [0.3, 0.4) is 0 Å². The van der Waals surface area contributed by atoms with Gasteiger partial charge in [0.25, 0.3) is 0 Å². The Morgan fingerprint density at radius 3 is 2.81 bits per heavy atom. The monoisotopic (exact) mass is 364 g/mol. The van der Waals surface area contributed by atoms with Crippen molar-refractivity contribution in [1.82, 2.24) is 15.5 Å². The van der Waals surface area contributed by atoms with E-state index in [1.807, 2.05) is 6.92 Å². The number of aliphatic imine (C=N–C) groups is 1. The van der Waals surface area contributed by atoms with Crippen LogP contribution in [-0.2, 0) is 5.60 Å². The molecule has 0 amide bonds. The van der Waals surface area contributed by atoms with Crippen molar-refractivity contribution in [2.75, 3.05) is 33.7 Å². The quantitative estimate of drug-likeness (QED) is 0.512. The molecule has 0 aliphatic heterocycles. The molecule has 6 nitrogen and oxygen atoms in total. The maximum Gasteiger partial charge on any atom is 0.191 e. The molecular formula is C20H36N4O2. The zero-order valence-corrected chi connectivity index (χ0v) is 17.0. The second kappa shape index (κ2) is 8.91. The van der Waals surface area contributed by atoms with E-state index in [-0.39, 0.29) is 12.1 Å². The number of nitrogens with zero attached hydrogens (tertiary/aromatic N) is 2. The van der Waals surface area contributed by atoms with Gasteiger partial charge < -0.3 is 25.1 Å². The molecule has 3 unspecified atom stereocenters. The van der Waals surface area contributed by atoms with Crippen molar-refractivity contribution < 1.29 is 9.52 Å². The van der Waals surface area contributed by atoms with E-state index >= 15 is 0 Å². The van der Waals surface area contributed by atoms with E-state index in [0.29, 0.717) is 5.76 Å². The molecular weight excluding hydrogens is 328 g/mol. The van der Waals surface area contributed by atoms with Gasteiger partial charge in [-0.3, -0.25) is 0 Å². The Morgan fingerprint density at radius 1 is 1.46 bits per heavy atom. The van der Waals surface area contributed by atoms with E-state index in [0.717, 1.165) is 25.0 Å². The van der Waals surface area contributed by atoms with Gasteiger partial charge in [-0.25, -0.2) is 4.99 Å². The molecule has 1 heterocycles. The van der Waals surface area contributed by atoms with Crippen LogP contribution in [0.1, 0.15) is 52.2 Å². The Kier molecular flexibility index (Phi) is 7.12. The summed E-state index contributed by atoms with van der Waals surface area (Å²) in [7, 11) is 4.34. The number of hydrogen-bond donors (Lipinski definition) is 3. The lowest BCUT2D eigenvalue weighted by Crippen LogP contribution is -2.56. The number of hydrogen-bond acceptors (Lipinski definition) is 4. The maximum absolute atomic E-state index is 10.6. The minimum absolute atomic E-state index is 0.150. The third-order valence-electron chi connectivity index (χ3n) is 5.54. The van der Waals surface area contributed by atoms with Crippen LogP contribution in [0.5, 0.6) is 0 Å². The van der Waals surface area contributed by atoms with Crippen molar-refractivity contribution in [2.45, 2.75) is 57.6 Å². The first-order valence-electron chi connectivity index (χ1n) is 9.75. The SMILES string of the molecule is CCNC(=NCC(C)(O)c1ccco1)NCC1(N(C)C)CCCC(C)C1. The van der Waals surface area contributed by atoms with Crippen molar-refractivity contribution in [2.24, 2.45) is 10.9 Å². The number of likely N-dealkylation sites (N-methyl/N-ethyl adjacent to an activating group) is 1. The molecule has 1 aliphatic carbocycles. The third kappa shape index (κ3) is 5.24. The highest BCUT2D eigenvalue weighted by molar-refractivity contribution is 5.79. The lowest BCUT2D eigenvalue weighted by atomic mass is 9.75. The first-order chi connectivity index (χ1) is 12.3. The molecule has 26 heavy (non-hydrogen) atoms. The smallest absolute Gasteiger partial charge is 0.191 e. The summed E-state index contributed by atoms with van der Waals surface area (Å²) in [4.78, 5) is 6.96. The Hall–Kier alpha value is -1.53. The number of aliphatic hydroxyl groups is 1. The second-order valence-corrected chi connectivity index (χ2v) is 8.12. The van der Waals surface area contributed by atoms with Gasteiger partial charge in [-0.05, 0) is 58.8 Å². The van der Waals surface area contributed by atoms with Crippen LogP contribution in [0.15, 0.2) is 27.8 Å². The topological polar surface area (TPSA) is 73.0 Å². The van der Waals surface area contributed by atoms with Gasteiger partial charge in [0.1, 0.15) is 11.4 Å². The predicted molar refractivity (Wildman–Crippen MR) is 106 cm³/mol. The molecule has 0 bridgehead atoms. The van der Waals surface area contributed by atoms with Gasteiger partial charge in [-0.1, -0.05) is 19.8 Å². The molecule has 1 aromatic rings. The molecule has 148 valence electrons. The first-order valence-corrected chi connectivity index (χ1v) is 9.75. The van der Waals surface area contributed by atoms with Crippen molar-refractivity contribution in [1.29, 1.82) is 0 Å². The van der Waals surface area contributed by atoms with Crippen LogP contribution in [0.25, 0.3) is 0 Å². The van der Waals surface area contributed by atoms with Crippen LogP contribution < -0.4 is 10.6 Å². The molecule has 2 rings (SSSR count). The van der Waals surface area contributed by atoms with Crippen LogP contribution in [0.4, 0.5) is 0 Å². The average molecular weight is 365 g/mol. The minimum Gasteiger partial charge on any atom is -0.466 e. The molecule has 0 radical (unpaired) electrons. The maximum atomic E-state index is 10.6. The Balaban J connectivity index is 2.04. The lowest BCUT2D eigenvalue weighted by Gasteiger charge is -2.45. The fourth-order valence-corrected chi connectivity index (χ4v) is 3.84. The van der Waals surface area contributed by atoms with Crippen LogP contribution in [0, 0.1) is 5.92 Å². The van der Waals surface area contributed by atoms with Gasteiger partial charge >= 0.3 is 0 Å². The van der Waals surface area contributed by atoms with Crippen molar-refractivity contribution >= 4 is 5.96 Å². The van der Waals surface area contributed by atoms with Gasteiger partial charge in [0.2, 0.25) is 0 Å². The molecule has 1 saturated carbocycles. The standard InChI is InChI=1S/C20H36N4O2/c1-6-21-18(22-14-19(3,25)17-10-8-12-26-17)23-15-20(24(4)5)11-7-9-16(2)13-20/h8,10,12,16,25H,6-7,9,11,13-15H2,1-5H3,(H2,21,22,23). The zero-order valence-electron chi connectivity index (χ0n) is 17.0. The van der Waals surface area contributed by atoms with E-state index in [2.05, 4.69) is 41.5 Å². The highest BCUT2D eigenvalue weighted by atomic mass is 16.4. The summed E-state index contributed by atoms with van der Waals surface area (Å²) in [5, 5.41) is 17.4. The summed E-state index contributed by atoms with van der Waals surface area (Å²) < 4.78 is 5.34. The summed E-state index contributed by atoms with van der Waals surface area (Å²) in [5.41, 5.74) is -0.970.